The number of fused-ring (bicyclic) bond motifs is 1. The van der Waals surface area contributed by atoms with Gasteiger partial charge in [-0.25, -0.2) is 4.98 Å². The molecule has 24 heavy (non-hydrogen) atoms. The molecule has 0 spiro atoms. The molecule has 0 saturated carbocycles. The smallest absolute Gasteiger partial charge is 0.232 e. The van der Waals surface area contributed by atoms with Crippen LogP contribution in [-0.2, 0) is 4.79 Å². The van der Waals surface area contributed by atoms with Crippen molar-refractivity contribution in [2.75, 3.05) is 18.8 Å². The molecule has 1 fully saturated rings. The van der Waals surface area contributed by atoms with Crippen molar-refractivity contribution in [1.29, 1.82) is 5.26 Å². The van der Waals surface area contributed by atoms with Crippen LogP contribution in [0.2, 0.25) is 0 Å². The summed E-state index contributed by atoms with van der Waals surface area (Å²) in [5.74, 6) is 0.490. The van der Waals surface area contributed by atoms with Gasteiger partial charge in [0.2, 0.25) is 5.91 Å². The molecule has 124 valence electrons. The van der Waals surface area contributed by atoms with Crippen LogP contribution in [0.15, 0.2) is 23.2 Å². The zero-order chi connectivity index (χ0) is 17.1. The molecule has 0 aliphatic carbocycles. The van der Waals surface area contributed by atoms with Crippen molar-refractivity contribution < 1.29 is 4.79 Å². The first kappa shape index (κ1) is 16.8. The number of piperidine rings is 1. The minimum absolute atomic E-state index is 0.144. The van der Waals surface area contributed by atoms with E-state index in [9.17, 15) is 10.1 Å². The lowest BCUT2D eigenvalue weighted by atomic mass is 10.1. The summed E-state index contributed by atoms with van der Waals surface area (Å²) in [4.78, 5) is 18.9. The summed E-state index contributed by atoms with van der Waals surface area (Å²) in [6, 6.07) is 8.24. The number of hydrogen-bond acceptors (Lipinski definition) is 4. The van der Waals surface area contributed by atoms with Crippen LogP contribution >= 0.6 is 11.8 Å². The summed E-state index contributed by atoms with van der Waals surface area (Å²) in [5.41, 5.74) is 3.71. The molecule has 4 nitrogen and oxygen atoms in total. The SMILES string of the molecule is Cc1cc(C)c2cc(C#N)c(SCC(=O)N3CCCCC3)nc2c1. The Labute approximate surface area is 146 Å². The van der Waals surface area contributed by atoms with Gasteiger partial charge in [0, 0.05) is 18.5 Å². The maximum atomic E-state index is 12.3. The van der Waals surface area contributed by atoms with Crippen LogP contribution in [-0.4, -0.2) is 34.6 Å². The zero-order valence-corrected chi connectivity index (χ0v) is 14.9. The first-order chi connectivity index (χ1) is 11.6. The summed E-state index contributed by atoms with van der Waals surface area (Å²) >= 11 is 1.38. The molecule has 2 aromatic rings. The van der Waals surface area contributed by atoms with Crippen molar-refractivity contribution in [3.63, 3.8) is 0 Å². The third-order valence-electron chi connectivity index (χ3n) is 4.41. The number of nitrogens with zero attached hydrogens (tertiary/aromatic N) is 3. The number of thioether (sulfide) groups is 1. The highest BCUT2D eigenvalue weighted by Gasteiger charge is 2.18. The van der Waals surface area contributed by atoms with E-state index in [1.54, 1.807) is 0 Å². The summed E-state index contributed by atoms with van der Waals surface area (Å²) in [5, 5.41) is 11.1. The molecule has 0 atom stereocenters. The Morgan fingerprint density at radius 2 is 2.00 bits per heavy atom. The van der Waals surface area contributed by atoms with E-state index in [1.807, 2.05) is 30.9 Å². The largest absolute Gasteiger partial charge is 0.342 e. The molecule has 1 amide bonds. The standard InChI is InChI=1S/C19H21N3OS/c1-13-8-14(2)16-10-15(11-20)19(21-17(16)9-13)24-12-18(23)22-6-4-3-5-7-22/h8-10H,3-7,12H2,1-2H3. The van der Waals surface area contributed by atoms with Crippen LogP contribution in [0, 0.1) is 25.2 Å². The Bertz CT molecular complexity index is 819. The topological polar surface area (TPSA) is 57.0 Å². The monoisotopic (exact) mass is 339 g/mol. The van der Waals surface area contributed by atoms with Gasteiger partial charge in [0.15, 0.2) is 0 Å². The molecule has 5 heteroatoms. The van der Waals surface area contributed by atoms with Crippen molar-refractivity contribution >= 4 is 28.6 Å². The Hall–Kier alpha value is -2.06. The van der Waals surface area contributed by atoms with Crippen LogP contribution in [0.1, 0.15) is 36.0 Å². The third-order valence-corrected chi connectivity index (χ3v) is 5.39. The predicted molar refractivity (Wildman–Crippen MR) is 97.1 cm³/mol. The third kappa shape index (κ3) is 3.54. The molecule has 0 N–H and O–H groups in total. The fraction of sp³-hybridized carbons (Fsp3) is 0.421. The van der Waals surface area contributed by atoms with Crippen LogP contribution in [0.25, 0.3) is 10.9 Å². The van der Waals surface area contributed by atoms with Crippen LogP contribution in [0.3, 0.4) is 0 Å². The summed E-state index contributed by atoms with van der Waals surface area (Å²) in [7, 11) is 0. The molecule has 0 radical (unpaired) electrons. The zero-order valence-electron chi connectivity index (χ0n) is 14.1. The number of likely N-dealkylation sites (tertiary alicyclic amines) is 1. The second-order valence-electron chi connectivity index (χ2n) is 6.33. The second-order valence-corrected chi connectivity index (χ2v) is 7.30. The Balaban J connectivity index is 1.83. The first-order valence-corrected chi connectivity index (χ1v) is 9.30. The summed E-state index contributed by atoms with van der Waals surface area (Å²) in [6.07, 6.45) is 3.39. The van der Waals surface area contributed by atoms with Crippen LogP contribution in [0.5, 0.6) is 0 Å². The van der Waals surface area contributed by atoms with Crippen molar-refractivity contribution in [3.8, 4) is 6.07 Å². The van der Waals surface area contributed by atoms with Gasteiger partial charge in [0.25, 0.3) is 0 Å². The van der Waals surface area contributed by atoms with Gasteiger partial charge in [-0.3, -0.25) is 4.79 Å². The molecule has 3 rings (SSSR count). The fourth-order valence-electron chi connectivity index (χ4n) is 3.17. The van der Waals surface area contributed by atoms with E-state index in [0.717, 1.165) is 48.0 Å². The van der Waals surface area contributed by atoms with Gasteiger partial charge in [-0.2, -0.15) is 5.26 Å². The molecular formula is C19H21N3OS. The highest BCUT2D eigenvalue weighted by atomic mass is 32.2. The van der Waals surface area contributed by atoms with Gasteiger partial charge in [-0.1, -0.05) is 17.8 Å². The molecular weight excluding hydrogens is 318 g/mol. The van der Waals surface area contributed by atoms with E-state index in [-0.39, 0.29) is 5.91 Å². The van der Waals surface area contributed by atoms with E-state index in [4.69, 9.17) is 0 Å². The summed E-state index contributed by atoms with van der Waals surface area (Å²) in [6.45, 7) is 5.78. The van der Waals surface area contributed by atoms with E-state index < -0.39 is 0 Å². The molecule has 2 heterocycles. The van der Waals surface area contributed by atoms with Gasteiger partial charge >= 0.3 is 0 Å². The average molecular weight is 339 g/mol. The normalized spacial score (nSPS) is 14.6. The maximum absolute atomic E-state index is 12.3. The van der Waals surface area contributed by atoms with Gasteiger partial charge in [0.1, 0.15) is 11.1 Å². The molecule has 1 aliphatic heterocycles. The average Bonchev–Trinajstić information content (AvgIpc) is 2.59. The molecule has 1 aliphatic rings. The summed E-state index contributed by atoms with van der Waals surface area (Å²) < 4.78 is 0. The minimum Gasteiger partial charge on any atom is -0.342 e. The minimum atomic E-state index is 0.144. The Morgan fingerprint density at radius 3 is 2.71 bits per heavy atom. The Kier molecular flexibility index (Phi) is 5.06. The molecule has 0 bridgehead atoms. The van der Waals surface area contributed by atoms with Crippen LogP contribution in [0.4, 0.5) is 0 Å². The number of aromatic nitrogens is 1. The second kappa shape index (κ2) is 7.23. The number of aryl methyl sites for hydroxylation is 2. The number of rotatable bonds is 3. The van der Waals surface area contributed by atoms with Crippen molar-refractivity contribution in [1.82, 2.24) is 9.88 Å². The van der Waals surface area contributed by atoms with E-state index in [0.29, 0.717) is 16.3 Å². The molecule has 1 saturated heterocycles. The lowest BCUT2D eigenvalue weighted by Crippen LogP contribution is -2.36. The number of nitriles is 1. The van der Waals surface area contributed by atoms with Crippen LogP contribution < -0.4 is 0 Å². The first-order valence-electron chi connectivity index (χ1n) is 8.31. The number of amides is 1. The van der Waals surface area contributed by atoms with Gasteiger partial charge in [-0.15, -0.1) is 0 Å². The molecule has 1 aromatic carbocycles. The predicted octanol–water partition coefficient (Wildman–Crippen LogP) is 3.83. The van der Waals surface area contributed by atoms with Gasteiger partial charge < -0.3 is 4.90 Å². The lowest BCUT2D eigenvalue weighted by Gasteiger charge is -2.26. The van der Waals surface area contributed by atoms with Crippen molar-refractivity contribution in [2.45, 2.75) is 38.1 Å². The Morgan fingerprint density at radius 1 is 1.25 bits per heavy atom. The number of benzene rings is 1. The van der Waals surface area contributed by atoms with Crippen molar-refractivity contribution in [2.24, 2.45) is 0 Å². The van der Waals surface area contributed by atoms with E-state index >= 15 is 0 Å². The van der Waals surface area contributed by atoms with Gasteiger partial charge in [0.05, 0.1) is 16.8 Å². The highest BCUT2D eigenvalue weighted by molar-refractivity contribution is 8.00. The quantitative estimate of drug-likeness (QED) is 0.798. The molecule has 0 unspecified atom stereocenters. The lowest BCUT2D eigenvalue weighted by molar-refractivity contribution is -0.129. The van der Waals surface area contributed by atoms with Gasteiger partial charge in [-0.05, 0) is 56.4 Å². The van der Waals surface area contributed by atoms with Crippen molar-refractivity contribution in [3.05, 3.63) is 34.9 Å². The maximum Gasteiger partial charge on any atom is 0.232 e. The highest BCUT2D eigenvalue weighted by Crippen LogP contribution is 2.27. The van der Waals surface area contributed by atoms with E-state index in [2.05, 4.69) is 17.1 Å². The van der Waals surface area contributed by atoms with E-state index in [1.165, 1.54) is 18.2 Å². The number of pyridine rings is 1. The number of carbonyl (C=O) groups is 1. The number of carbonyl (C=O) groups excluding carboxylic acids is 1. The fourth-order valence-corrected chi connectivity index (χ4v) is 4.03. The number of hydrogen-bond donors (Lipinski definition) is 0. The molecule has 1 aromatic heterocycles.